The number of hydrogen-bond donors (Lipinski definition) is 1. The second-order valence-electron chi connectivity index (χ2n) is 4.53. The molecular formula is C12H14BrN5. The molecule has 0 unspecified atom stereocenters. The van der Waals surface area contributed by atoms with E-state index < -0.39 is 0 Å². The summed E-state index contributed by atoms with van der Waals surface area (Å²) in [6.45, 7) is 1.45. The van der Waals surface area contributed by atoms with Crippen LogP contribution in [0, 0.1) is 0 Å². The highest BCUT2D eigenvalue weighted by Gasteiger charge is 2.21. The number of hydrogen-bond acceptors (Lipinski definition) is 4. The van der Waals surface area contributed by atoms with Crippen LogP contribution in [0.15, 0.2) is 28.7 Å². The Bertz CT molecular complexity index is 518. The lowest BCUT2D eigenvalue weighted by Gasteiger charge is -2.05. The van der Waals surface area contributed by atoms with Crippen LogP contribution in [0.3, 0.4) is 0 Å². The van der Waals surface area contributed by atoms with Gasteiger partial charge >= 0.3 is 0 Å². The molecule has 18 heavy (non-hydrogen) atoms. The van der Waals surface area contributed by atoms with Crippen molar-refractivity contribution < 1.29 is 0 Å². The number of tetrazole rings is 1. The van der Waals surface area contributed by atoms with Gasteiger partial charge in [-0.2, -0.15) is 0 Å². The summed E-state index contributed by atoms with van der Waals surface area (Å²) in [5, 5.41) is 15.3. The van der Waals surface area contributed by atoms with Crippen molar-refractivity contribution in [3.8, 4) is 0 Å². The van der Waals surface area contributed by atoms with E-state index in [1.807, 2.05) is 16.8 Å². The van der Waals surface area contributed by atoms with Gasteiger partial charge in [-0.3, -0.25) is 0 Å². The molecular weight excluding hydrogens is 294 g/mol. The van der Waals surface area contributed by atoms with E-state index in [1.54, 1.807) is 0 Å². The second kappa shape index (κ2) is 5.16. The number of aromatic nitrogens is 4. The summed E-state index contributed by atoms with van der Waals surface area (Å²) in [5.74, 6) is 0.893. The maximum atomic E-state index is 4.06. The quantitative estimate of drug-likeness (QED) is 0.914. The Morgan fingerprint density at radius 1 is 1.28 bits per heavy atom. The average molecular weight is 308 g/mol. The van der Waals surface area contributed by atoms with E-state index >= 15 is 0 Å². The standard InChI is InChI=1S/C12H14BrN5/c13-10-3-1-9(2-4-10)8-18-12(15-16-17-18)7-14-11-5-6-11/h1-4,11,14H,5-8H2. The first-order chi connectivity index (χ1) is 8.81. The fourth-order valence-corrected chi connectivity index (χ4v) is 2.02. The number of nitrogens with zero attached hydrogens (tertiary/aromatic N) is 4. The smallest absolute Gasteiger partial charge is 0.165 e. The Hall–Kier alpha value is -1.27. The van der Waals surface area contributed by atoms with Gasteiger partial charge in [-0.1, -0.05) is 28.1 Å². The minimum Gasteiger partial charge on any atom is -0.307 e. The Morgan fingerprint density at radius 3 is 2.78 bits per heavy atom. The fraction of sp³-hybridized carbons (Fsp3) is 0.417. The molecule has 0 amide bonds. The third-order valence-corrected chi connectivity index (χ3v) is 3.51. The van der Waals surface area contributed by atoms with Crippen molar-refractivity contribution in [1.29, 1.82) is 0 Å². The first-order valence-corrected chi connectivity index (χ1v) is 6.83. The number of nitrogens with one attached hydrogen (secondary N) is 1. The SMILES string of the molecule is Brc1ccc(Cn2nnnc2CNC2CC2)cc1. The molecule has 1 heterocycles. The van der Waals surface area contributed by atoms with Crippen LogP contribution >= 0.6 is 15.9 Å². The average Bonchev–Trinajstić information content (AvgIpc) is 3.11. The molecule has 1 saturated carbocycles. The molecule has 1 aromatic heterocycles. The lowest BCUT2D eigenvalue weighted by molar-refractivity contribution is 0.577. The third-order valence-electron chi connectivity index (χ3n) is 2.98. The predicted octanol–water partition coefficient (Wildman–Crippen LogP) is 1.74. The van der Waals surface area contributed by atoms with Crippen LogP contribution in [0.4, 0.5) is 0 Å². The van der Waals surface area contributed by atoms with Gasteiger partial charge in [-0.15, -0.1) is 5.10 Å². The van der Waals surface area contributed by atoms with Crippen molar-refractivity contribution in [3.05, 3.63) is 40.1 Å². The Labute approximate surface area is 114 Å². The monoisotopic (exact) mass is 307 g/mol. The molecule has 1 aliphatic carbocycles. The topological polar surface area (TPSA) is 55.6 Å². The van der Waals surface area contributed by atoms with Gasteiger partial charge in [-0.05, 0) is 41.0 Å². The summed E-state index contributed by atoms with van der Waals surface area (Å²) in [4.78, 5) is 0. The molecule has 5 nitrogen and oxygen atoms in total. The lowest BCUT2D eigenvalue weighted by atomic mass is 10.2. The molecule has 3 rings (SSSR count). The van der Waals surface area contributed by atoms with Crippen LogP contribution in [0.2, 0.25) is 0 Å². The predicted molar refractivity (Wildman–Crippen MR) is 70.9 cm³/mol. The van der Waals surface area contributed by atoms with Crippen LogP contribution in [0.1, 0.15) is 24.2 Å². The number of benzene rings is 1. The molecule has 1 N–H and O–H groups in total. The van der Waals surface area contributed by atoms with E-state index in [9.17, 15) is 0 Å². The molecule has 1 aliphatic rings. The minimum atomic E-state index is 0.669. The Kier molecular flexibility index (Phi) is 3.38. The van der Waals surface area contributed by atoms with Gasteiger partial charge in [0.1, 0.15) is 0 Å². The van der Waals surface area contributed by atoms with E-state index in [-0.39, 0.29) is 0 Å². The number of halogens is 1. The lowest BCUT2D eigenvalue weighted by Crippen LogP contribution is -2.19. The largest absolute Gasteiger partial charge is 0.307 e. The summed E-state index contributed by atoms with van der Waals surface area (Å²) < 4.78 is 2.93. The Balaban J connectivity index is 1.67. The van der Waals surface area contributed by atoms with Gasteiger partial charge < -0.3 is 5.32 Å². The van der Waals surface area contributed by atoms with Crippen LogP contribution in [-0.2, 0) is 13.1 Å². The molecule has 0 aliphatic heterocycles. The molecule has 2 aromatic rings. The Morgan fingerprint density at radius 2 is 2.06 bits per heavy atom. The van der Waals surface area contributed by atoms with E-state index in [0.29, 0.717) is 12.6 Å². The van der Waals surface area contributed by atoms with Gasteiger partial charge in [0, 0.05) is 10.5 Å². The molecule has 1 aromatic carbocycles. The van der Waals surface area contributed by atoms with Crippen molar-refractivity contribution in [2.24, 2.45) is 0 Å². The highest BCUT2D eigenvalue weighted by atomic mass is 79.9. The fourth-order valence-electron chi connectivity index (χ4n) is 1.76. The van der Waals surface area contributed by atoms with E-state index in [4.69, 9.17) is 0 Å². The maximum Gasteiger partial charge on any atom is 0.165 e. The highest BCUT2D eigenvalue weighted by Crippen LogP contribution is 2.19. The molecule has 0 saturated heterocycles. The summed E-state index contributed by atoms with van der Waals surface area (Å²) in [6, 6.07) is 8.87. The minimum absolute atomic E-state index is 0.669. The molecule has 6 heteroatoms. The van der Waals surface area contributed by atoms with Gasteiger partial charge in [0.2, 0.25) is 0 Å². The summed E-state index contributed by atoms with van der Waals surface area (Å²) >= 11 is 3.43. The van der Waals surface area contributed by atoms with E-state index in [0.717, 1.165) is 16.8 Å². The van der Waals surface area contributed by atoms with Crippen LogP contribution in [-0.4, -0.2) is 26.2 Å². The van der Waals surface area contributed by atoms with Gasteiger partial charge in [-0.25, -0.2) is 4.68 Å². The van der Waals surface area contributed by atoms with Crippen molar-refractivity contribution >= 4 is 15.9 Å². The van der Waals surface area contributed by atoms with Gasteiger partial charge in [0.05, 0.1) is 13.1 Å². The summed E-state index contributed by atoms with van der Waals surface area (Å²) in [7, 11) is 0. The molecule has 0 atom stereocenters. The van der Waals surface area contributed by atoms with Gasteiger partial charge in [0.15, 0.2) is 5.82 Å². The normalized spacial score (nSPS) is 14.9. The zero-order valence-electron chi connectivity index (χ0n) is 9.88. The van der Waals surface area contributed by atoms with E-state index in [1.165, 1.54) is 18.4 Å². The van der Waals surface area contributed by atoms with Crippen molar-refractivity contribution in [1.82, 2.24) is 25.5 Å². The molecule has 94 valence electrons. The van der Waals surface area contributed by atoms with Gasteiger partial charge in [0.25, 0.3) is 0 Å². The second-order valence-corrected chi connectivity index (χ2v) is 5.45. The van der Waals surface area contributed by atoms with Crippen molar-refractivity contribution in [3.63, 3.8) is 0 Å². The van der Waals surface area contributed by atoms with Crippen LogP contribution in [0.5, 0.6) is 0 Å². The number of rotatable bonds is 5. The van der Waals surface area contributed by atoms with E-state index in [2.05, 4.69) is 48.9 Å². The molecule has 0 radical (unpaired) electrons. The molecule has 0 bridgehead atoms. The summed E-state index contributed by atoms with van der Waals surface area (Å²) in [5.41, 5.74) is 1.19. The van der Waals surface area contributed by atoms with Crippen molar-refractivity contribution in [2.75, 3.05) is 0 Å². The first kappa shape index (κ1) is 11.8. The summed E-state index contributed by atoms with van der Waals surface area (Å²) in [6.07, 6.45) is 2.54. The van der Waals surface area contributed by atoms with Crippen molar-refractivity contribution in [2.45, 2.75) is 32.0 Å². The maximum absolute atomic E-state index is 4.06. The van der Waals surface area contributed by atoms with Crippen LogP contribution < -0.4 is 5.32 Å². The first-order valence-electron chi connectivity index (χ1n) is 6.04. The molecule has 1 fully saturated rings. The third kappa shape index (κ3) is 2.94. The van der Waals surface area contributed by atoms with Crippen LogP contribution in [0.25, 0.3) is 0 Å². The zero-order chi connectivity index (χ0) is 12.4. The zero-order valence-corrected chi connectivity index (χ0v) is 11.5. The highest BCUT2D eigenvalue weighted by molar-refractivity contribution is 9.10. The molecule has 0 spiro atoms.